The molecule has 0 aromatic heterocycles. The van der Waals surface area contributed by atoms with E-state index in [1.807, 2.05) is 24.3 Å². The fourth-order valence-electron chi connectivity index (χ4n) is 2.41. The van der Waals surface area contributed by atoms with Crippen LogP contribution in [-0.2, 0) is 16.1 Å². The first-order valence-corrected chi connectivity index (χ1v) is 6.15. The number of carbonyl (C=O) groups excluding carboxylic acids is 1. The standard InChI is InChI=1S/C15H11NO4/c17-15-14(10-5-7-12(8-6-10)16(18)19)13-4-2-1-3-11(13)9-20-15/h1-8,14H,9H2/t14-/m0/s1. The van der Waals surface area contributed by atoms with E-state index in [-0.39, 0.29) is 18.3 Å². The Morgan fingerprint density at radius 1 is 1.10 bits per heavy atom. The average molecular weight is 269 g/mol. The molecule has 0 bridgehead atoms. The number of fused-ring (bicyclic) bond motifs is 1. The van der Waals surface area contributed by atoms with Crippen LogP contribution in [0.5, 0.6) is 0 Å². The van der Waals surface area contributed by atoms with Gasteiger partial charge in [0.05, 0.1) is 4.92 Å². The van der Waals surface area contributed by atoms with Crippen LogP contribution in [0.2, 0.25) is 0 Å². The molecule has 0 spiro atoms. The molecule has 0 saturated carbocycles. The third-order valence-corrected chi connectivity index (χ3v) is 3.41. The number of nitro benzene ring substituents is 1. The molecule has 1 heterocycles. The Morgan fingerprint density at radius 3 is 2.50 bits per heavy atom. The Morgan fingerprint density at radius 2 is 1.80 bits per heavy atom. The molecule has 0 amide bonds. The lowest BCUT2D eigenvalue weighted by Crippen LogP contribution is -2.23. The lowest BCUT2D eigenvalue weighted by atomic mass is 9.87. The molecule has 5 heteroatoms. The van der Waals surface area contributed by atoms with E-state index in [4.69, 9.17) is 4.74 Å². The van der Waals surface area contributed by atoms with Crippen molar-refractivity contribution >= 4 is 11.7 Å². The molecule has 0 unspecified atom stereocenters. The van der Waals surface area contributed by atoms with Crippen LogP contribution >= 0.6 is 0 Å². The molecule has 3 rings (SSSR count). The molecule has 0 saturated heterocycles. The number of benzene rings is 2. The van der Waals surface area contributed by atoms with Crippen molar-refractivity contribution in [2.45, 2.75) is 12.5 Å². The van der Waals surface area contributed by atoms with E-state index in [0.717, 1.165) is 11.1 Å². The molecule has 2 aromatic rings. The van der Waals surface area contributed by atoms with Crippen molar-refractivity contribution < 1.29 is 14.5 Å². The highest BCUT2D eigenvalue weighted by atomic mass is 16.6. The second-order valence-corrected chi connectivity index (χ2v) is 4.59. The molecule has 1 atom stereocenters. The van der Waals surface area contributed by atoms with Crippen LogP contribution < -0.4 is 0 Å². The molecular weight excluding hydrogens is 258 g/mol. The Bertz CT molecular complexity index is 679. The number of carbonyl (C=O) groups is 1. The first kappa shape index (κ1) is 12.3. The fourth-order valence-corrected chi connectivity index (χ4v) is 2.41. The highest BCUT2D eigenvalue weighted by molar-refractivity contribution is 5.84. The molecule has 0 radical (unpaired) electrons. The highest BCUT2D eigenvalue weighted by Crippen LogP contribution is 2.33. The first-order chi connectivity index (χ1) is 9.66. The lowest BCUT2D eigenvalue weighted by Gasteiger charge is -2.24. The van der Waals surface area contributed by atoms with Gasteiger partial charge in [-0.15, -0.1) is 0 Å². The Hall–Kier alpha value is -2.69. The smallest absolute Gasteiger partial charge is 0.318 e. The van der Waals surface area contributed by atoms with E-state index in [1.54, 1.807) is 12.1 Å². The number of esters is 1. The van der Waals surface area contributed by atoms with E-state index >= 15 is 0 Å². The van der Waals surface area contributed by atoms with Crippen LogP contribution in [0.25, 0.3) is 0 Å². The molecule has 0 fully saturated rings. The Labute approximate surface area is 115 Å². The van der Waals surface area contributed by atoms with Crippen LogP contribution in [0.3, 0.4) is 0 Å². The number of non-ortho nitro benzene ring substituents is 1. The number of hydrogen-bond acceptors (Lipinski definition) is 4. The summed E-state index contributed by atoms with van der Waals surface area (Å²) in [6.07, 6.45) is 0. The predicted octanol–water partition coefficient (Wildman–Crippen LogP) is 2.78. The third-order valence-electron chi connectivity index (χ3n) is 3.41. The van der Waals surface area contributed by atoms with Crippen molar-refractivity contribution in [1.82, 2.24) is 0 Å². The Kier molecular flexibility index (Phi) is 2.95. The summed E-state index contributed by atoms with van der Waals surface area (Å²) in [7, 11) is 0. The van der Waals surface area contributed by atoms with Gasteiger partial charge in [-0.3, -0.25) is 14.9 Å². The highest BCUT2D eigenvalue weighted by Gasteiger charge is 2.30. The molecular formula is C15H11NO4. The van der Waals surface area contributed by atoms with Crippen molar-refractivity contribution in [3.63, 3.8) is 0 Å². The van der Waals surface area contributed by atoms with Gasteiger partial charge in [0.2, 0.25) is 0 Å². The van der Waals surface area contributed by atoms with Crippen LogP contribution in [0.4, 0.5) is 5.69 Å². The van der Waals surface area contributed by atoms with E-state index in [2.05, 4.69) is 0 Å². The summed E-state index contributed by atoms with van der Waals surface area (Å²) >= 11 is 0. The summed E-state index contributed by atoms with van der Waals surface area (Å²) in [5.74, 6) is -0.835. The quantitative estimate of drug-likeness (QED) is 0.477. The van der Waals surface area contributed by atoms with Crippen LogP contribution in [0, 0.1) is 10.1 Å². The zero-order valence-corrected chi connectivity index (χ0v) is 10.5. The molecule has 2 aromatic carbocycles. The molecule has 100 valence electrons. The lowest BCUT2D eigenvalue weighted by molar-refractivity contribution is -0.384. The summed E-state index contributed by atoms with van der Waals surface area (Å²) in [6.45, 7) is 0.276. The minimum atomic E-state index is -0.513. The summed E-state index contributed by atoms with van der Waals surface area (Å²) in [5, 5.41) is 10.7. The monoisotopic (exact) mass is 269 g/mol. The van der Waals surface area contributed by atoms with Gasteiger partial charge in [-0.1, -0.05) is 36.4 Å². The zero-order valence-electron chi connectivity index (χ0n) is 10.5. The van der Waals surface area contributed by atoms with Crippen molar-refractivity contribution in [3.05, 3.63) is 75.3 Å². The maximum absolute atomic E-state index is 12.0. The van der Waals surface area contributed by atoms with E-state index in [1.165, 1.54) is 12.1 Å². The van der Waals surface area contributed by atoms with Crippen molar-refractivity contribution in [1.29, 1.82) is 0 Å². The van der Waals surface area contributed by atoms with Crippen LogP contribution in [0.1, 0.15) is 22.6 Å². The minimum absolute atomic E-state index is 0.00575. The minimum Gasteiger partial charge on any atom is -0.460 e. The van der Waals surface area contributed by atoms with Crippen molar-refractivity contribution in [2.75, 3.05) is 0 Å². The molecule has 0 aliphatic carbocycles. The largest absolute Gasteiger partial charge is 0.460 e. The summed E-state index contributed by atoms with van der Waals surface area (Å²) < 4.78 is 5.18. The van der Waals surface area contributed by atoms with Gasteiger partial charge in [0.1, 0.15) is 12.5 Å². The fraction of sp³-hybridized carbons (Fsp3) is 0.133. The normalized spacial score (nSPS) is 17.2. The number of nitro groups is 1. The second-order valence-electron chi connectivity index (χ2n) is 4.59. The SMILES string of the molecule is O=C1OCc2ccccc2[C@@H]1c1ccc([N+](=O)[O-])cc1. The summed E-state index contributed by atoms with van der Waals surface area (Å²) in [5.41, 5.74) is 2.58. The van der Waals surface area contributed by atoms with Crippen molar-refractivity contribution in [2.24, 2.45) is 0 Å². The Balaban J connectivity index is 2.04. The van der Waals surface area contributed by atoms with Gasteiger partial charge in [-0.05, 0) is 16.7 Å². The average Bonchev–Trinajstić information content (AvgIpc) is 2.47. The maximum Gasteiger partial charge on any atom is 0.318 e. The predicted molar refractivity (Wildman–Crippen MR) is 71.2 cm³/mol. The van der Waals surface area contributed by atoms with Crippen LogP contribution in [0.15, 0.2) is 48.5 Å². The van der Waals surface area contributed by atoms with Gasteiger partial charge in [0.15, 0.2) is 0 Å². The first-order valence-electron chi connectivity index (χ1n) is 6.15. The molecule has 5 nitrogen and oxygen atoms in total. The number of hydrogen-bond donors (Lipinski definition) is 0. The van der Waals surface area contributed by atoms with Gasteiger partial charge in [-0.25, -0.2) is 0 Å². The van der Waals surface area contributed by atoms with Gasteiger partial charge in [0, 0.05) is 12.1 Å². The second kappa shape index (κ2) is 4.77. The van der Waals surface area contributed by atoms with Crippen molar-refractivity contribution in [3.8, 4) is 0 Å². The number of cyclic esters (lactones) is 1. The zero-order chi connectivity index (χ0) is 14.1. The van der Waals surface area contributed by atoms with E-state index < -0.39 is 10.8 Å². The molecule has 1 aliphatic heterocycles. The number of nitrogens with zero attached hydrogens (tertiary/aromatic N) is 1. The molecule has 0 N–H and O–H groups in total. The van der Waals surface area contributed by atoms with Gasteiger partial charge in [-0.2, -0.15) is 0 Å². The third kappa shape index (κ3) is 2.03. The molecule has 20 heavy (non-hydrogen) atoms. The van der Waals surface area contributed by atoms with Gasteiger partial charge < -0.3 is 4.74 Å². The summed E-state index contributed by atoms with van der Waals surface area (Å²) in [4.78, 5) is 22.2. The van der Waals surface area contributed by atoms with Gasteiger partial charge >= 0.3 is 5.97 Å². The number of ether oxygens (including phenoxy) is 1. The topological polar surface area (TPSA) is 69.4 Å². The van der Waals surface area contributed by atoms with Gasteiger partial charge in [0.25, 0.3) is 5.69 Å². The number of rotatable bonds is 2. The summed E-state index contributed by atoms with van der Waals surface area (Å²) in [6, 6.07) is 13.6. The van der Waals surface area contributed by atoms with E-state index in [0.29, 0.717) is 5.56 Å². The van der Waals surface area contributed by atoms with E-state index in [9.17, 15) is 14.9 Å². The maximum atomic E-state index is 12.0. The molecule has 1 aliphatic rings. The van der Waals surface area contributed by atoms with Crippen LogP contribution in [-0.4, -0.2) is 10.9 Å².